The molecule has 0 atom stereocenters. The summed E-state index contributed by atoms with van der Waals surface area (Å²) in [7, 11) is 0. The molecule has 1 fully saturated rings. The van der Waals surface area contributed by atoms with E-state index in [0.717, 1.165) is 23.1 Å². The monoisotopic (exact) mass is 354 g/mol. The molecule has 1 saturated carbocycles. The number of halogens is 1. The van der Waals surface area contributed by atoms with Crippen molar-refractivity contribution in [3.63, 3.8) is 0 Å². The van der Waals surface area contributed by atoms with Gasteiger partial charge in [-0.3, -0.25) is 4.79 Å². The number of hydrogen-bond donors (Lipinski definition) is 3. The van der Waals surface area contributed by atoms with Crippen LogP contribution in [0.15, 0.2) is 42.7 Å². The molecule has 5 nitrogen and oxygen atoms in total. The standard InChI is InChI=1S/C19H19ClN4O/c20-13-5-2-6-14(9-13)24-18-17-15(7-8-21-17)16(11-22-18)19(25)23-10-12-3-1-4-12/h2,5-9,11-12,21H,1,3-4,10H2,(H,22,24)(H,23,25). The number of rotatable bonds is 5. The van der Waals surface area contributed by atoms with Gasteiger partial charge in [0, 0.05) is 35.0 Å². The van der Waals surface area contributed by atoms with E-state index in [1.54, 1.807) is 6.20 Å². The summed E-state index contributed by atoms with van der Waals surface area (Å²) in [6.45, 7) is 0.743. The van der Waals surface area contributed by atoms with Crippen LogP contribution in [0.25, 0.3) is 10.9 Å². The summed E-state index contributed by atoms with van der Waals surface area (Å²) in [5.41, 5.74) is 2.24. The second-order valence-electron chi connectivity index (χ2n) is 6.43. The summed E-state index contributed by atoms with van der Waals surface area (Å²) in [5, 5.41) is 7.78. The smallest absolute Gasteiger partial charge is 0.253 e. The van der Waals surface area contributed by atoms with E-state index in [4.69, 9.17) is 11.6 Å². The van der Waals surface area contributed by atoms with E-state index in [2.05, 4.69) is 20.6 Å². The van der Waals surface area contributed by atoms with E-state index in [1.807, 2.05) is 36.5 Å². The zero-order valence-electron chi connectivity index (χ0n) is 13.7. The van der Waals surface area contributed by atoms with Gasteiger partial charge in [-0.05, 0) is 43.0 Å². The van der Waals surface area contributed by atoms with Gasteiger partial charge in [-0.1, -0.05) is 24.1 Å². The first kappa shape index (κ1) is 16.0. The Labute approximate surface area is 150 Å². The van der Waals surface area contributed by atoms with E-state index >= 15 is 0 Å². The minimum absolute atomic E-state index is 0.0710. The van der Waals surface area contributed by atoms with Crippen LogP contribution in [0.3, 0.4) is 0 Å². The first-order valence-electron chi connectivity index (χ1n) is 8.47. The average Bonchev–Trinajstić information content (AvgIpc) is 3.03. The number of carbonyl (C=O) groups is 1. The average molecular weight is 355 g/mol. The molecular weight excluding hydrogens is 336 g/mol. The van der Waals surface area contributed by atoms with Crippen LogP contribution in [0.1, 0.15) is 29.6 Å². The van der Waals surface area contributed by atoms with Crippen LogP contribution in [0.2, 0.25) is 5.02 Å². The Bertz CT molecular complexity index is 917. The van der Waals surface area contributed by atoms with Gasteiger partial charge in [0.25, 0.3) is 5.91 Å². The van der Waals surface area contributed by atoms with Crippen LogP contribution in [-0.4, -0.2) is 22.4 Å². The third-order valence-corrected chi connectivity index (χ3v) is 4.94. The molecule has 6 heteroatoms. The number of nitrogens with one attached hydrogen (secondary N) is 3. The molecule has 128 valence electrons. The van der Waals surface area contributed by atoms with Gasteiger partial charge >= 0.3 is 0 Å². The van der Waals surface area contributed by atoms with Crippen LogP contribution in [0.4, 0.5) is 11.5 Å². The Hall–Kier alpha value is -2.53. The molecule has 0 spiro atoms. The molecule has 4 rings (SSSR count). The maximum atomic E-state index is 12.5. The highest BCUT2D eigenvalue weighted by Crippen LogP contribution is 2.28. The summed E-state index contributed by atoms with van der Waals surface area (Å²) in [5.74, 6) is 1.22. The number of aromatic amines is 1. The number of carbonyl (C=O) groups excluding carboxylic acids is 1. The molecule has 1 aliphatic rings. The third-order valence-electron chi connectivity index (χ3n) is 4.70. The fourth-order valence-corrected chi connectivity index (χ4v) is 3.25. The van der Waals surface area contributed by atoms with Crippen molar-refractivity contribution in [1.29, 1.82) is 0 Å². The molecule has 3 aromatic rings. The Balaban J connectivity index is 1.58. The van der Waals surface area contributed by atoms with Crippen LogP contribution in [0, 0.1) is 5.92 Å². The number of benzene rings is 1. The largest absolute Gasteiger partial charge is 0.358 e. The van der Waals surface area contributed by atoms with Crippen LogP contribution < -0.4 is 10.6 Å². The summed E-state index contributed by atoms with van der Waals surface area (Å²) in [4.78, 5) is 20.1. The number of anilines is 2. The summed E-state index contributed by atoms with van der Waals surface area (Å²) >= 11 is 6.03. The van der Waals surface area contributed by atoms with Crippen molar-refractivity contribution in [3.05, 3.63) is 53.3 Å². The minimum Gasteiger partial charge on any atom is -0.358 e. The predicted molar refractivity (Wildman–Crippen MR) is 101 cm³/mol. The molecule has 2 heterocycles. The Kier molecular flexibility index (Phi) is 4.32. The topological polar surface area (TPSA) is 69.8 Å². The van der Waals surface area contributed by atoms with Gasteiger partial charge in [-0.15, -0.1) is 0 Å². The van der Waals surface area contributed by atoms with Gasteiger partial charge in [-0.25, -0.2) is 4.98 Å². The third kappa shape index (κ3) is 3.33. The Morgan fingerprint density at radius 3 is 2.96 bits per heavy atom. The lowest BCUT2D eigenvalue weighted by Gasteiger charge is -2.25. The van der Waals surface area contributed by atoms with E-state index < -0.39 is 0 Å². The van der Waals surface area contributed by atoms with Gasteiger partial charge in [-0.2, -0.15) is 0 Å². The molecule has 1 amide bonds. The van der Waals surface area contributed by atoms with E-state index in [0.29, 0.717) is 22.3 Å². The number of H-pyrrole nitrogens is 1. The maximum absolute atomic E-state index is 12.5. The van der Waals surface area contributed by atoms with Crippen LogP contribution in [-0.2, 0) is 0 Å². The summed E-state index contributed by atoms with van der Waals surface area (Å²) < 4.78 is 0. The quantitative estimate of drug-likeness (QED) is 0.632. The van der Waals surface area contributed by atoms with Gasteiger partial charge in [0.2, 0.25) is 0 Å². The van der Waals surface area contributed by atoms with Gasteiger partial charge in [0.1, 0.15) is 0 Å². The van der Waals surface area contributed by atoms with Crippen molar-refractivity contribution in [2.45, 2.75) is 19.3 Å². The highest BCUT2D eigenvalue weighted by atomic mass is 35.5. The van der Waals surface area contributed by atoms with Gasteiger partial charge in [0.15, 0.2) is 5.82 Å². The summed E-state index contributed by atoms with van der Waals surface area (Å²) in [6, 6.07) is 9.34. The molecule has 0 aliphatic heterocycles. The maximum Gasteiger partial charge on any atom is 0.253 e. The fourth-order valence-electron chi connectivity index (χ4n) is 3.06. The molecule has 3 N–H and O–H groups in total. The van der Waals surface area contributed by atoms with Crippen molar-refractivity contribution in [2.24, 2.45) is 5.92 Å². The molecule has 0 radical (unpaired) electrons. The van der Waals surface area contributed by atoms with Crippen molar-refractivity contribution in [1.82, 2.24) is 15.3 Å². The van der Waals surface area contributed by atoms with Crippen LogP contribution in [0.5, 0.6) is 0 Å². The normalized spacial score (nSPS) is 14.3. The molecular formula is C19H19ClN4O. The molecule has 0 unspecified atom stereocenters. The SMILES string of the molecule is O=C(NCC1CCC1)c1cnc(Nc2cccc(Cl)c2)c2[nH]ccc12. The molecule has 25 heavy (non-hydrogen) atoms. The molecule has 0 bridgehead atoms. The Morgan fingerprint density at radius 1 is 1.32 bits per heavy atom. The first-order valence-corrected chi connectivity index (χ1v) is 8.85. The zero-order chi connectivity index (χ0) is 17.2. The lowest BCUT2D eigenvalue weighted by molar-refractivity contribution is 0.0940. The van der Waals surface area contributed by atoms with E-state index in [9.17, 15) is 4.79 Å². The lowest BCUT2D eigenvalue weighted by Crippen LogP contribution is -2.32. The number of aromatic nitrogens is 2. The minimum atomic E-state index is -0.0710. The second-order valence-corrected chi connectivity index (χ2v) is 6.87. The lowest BCUT2D eigenvalue weighted by atomic mass is 9.85. The number of fused-ring (bicyclic) bond motifs is 1. The molecule has 1 aliphatic carbocycles. The van der Waals surface area contributed by atoms with Gasteiger partial charge < -0.3 is 15.6 Å². The van der Waals surface area contributed by atoms with Crippen molar-refractivity contribution >= 4 is 39.9 Å². The van der Waals surface area contributed by atoms with Crippen molar-refractivity contribution in [2.75, 3.05) is 11.9 Å². The second kappa shape index (κ2) is 6.76. The fraction of sp³-hybridized carbons (Fsp3) is 0.263. The number of hydrogen-bond acceptors (Lipinski definition) is 3. The first-order chi connectivity index (χ1) is 12.2. The summed E-state index contributed by atoms with van der Waals surface area (Å²) in [6.07, 6.45) is 7.13. The highest BCUT2D eigenvalue weighted by molar-refractivity contribution is 6.30. The molecule has 0 saturated heterocycles. The van der Waals surface area contributed by atoms with Crippen LogP contribution >= 0.6 is 11.6 Å². The molecule has 2 aromatic heterocycles. The zero-order valence-corrected chi connectivity index (χ0v) is 14.4. The van der Waals surface area contributed by atoms with Crippen molar-refractivity contribution in [3.8, 4) is 0 Å². The Morgan fingerprint density at radius 2 is 2.20 bits per heavy atom. The predicted octanol–water partition coefficient (Wildman–Crippen LogP) is 4.49. The highest BCUT2D eigenvalue weighted by Gasteiger charge is 2.20. The number of nitrogens with zero attached hydrogens (tertiary/aromatic N) is 1. The van der Waals surface area contributed by atoms with Crippen molar-refractivity contribution < 1.29 is 4.79 Å². The number of amides is 1. The number of pyridine rings is 1. The van der Waals surface area contributed by atoms with Gasteiger partial charge in [0.05, 0.1) is 11.1 Å². The van der Waals surface area contributed by atoms with E-state index in [-0.39, 0.29) is 5.91 Å². The molecule has 1 aromatic carbocycles. The van der Waals surface area contributed by atoms with E-state index in [1.165, 1.54) is 19.3 Å².